The Morgan fingerprint density at radius 2 is 1.57 bits per heavy atom. The van der Waals surface area contributed by atoms with E-state index in [1.165, 1.54) is 0 Å². The van der Waals surface area contributed by atoms with E-state index in [1.807, 2.05) is 0 Å². The smallest absolute Gasteiger partial charge is 0.338 e. The molecule has 0 radical (unpaired) electrons. The Labute approximate surface area is 164 Å². The van der Waals surface area contributed by atoms with Gasteiger partial charge in [0.15, 0.2) is 6.61 Å². The number of hydrazine groups is 1. The summed E-state index contributed by atoms with van der Waals surface area (Å²) in [6.07, 6.45) is 0.944. The molecular formula is C21H24N2O5. The number of benzene rings is 2. The maximum atomic E-state index is 12.0. The molecule has 0 aliphatic heterocycles. The molecule has 2 rings (SSSR count). The zero-order valence-corrected chi connectivity index (χ0v) is 15.9. The van der Waals surface area contributed by atoms with E-state index in [2.05, 4.69) is 24.7 Å². The number of ether oxygens (including phenoxy) is 2. The van der Waals surface area contributed by atoms with Crippen LogP contribution in [0.5, 0.6) is 5.75 Å². The van der Waals surface area contributed by atoms with Crippen LogP contribution in [0.1, 0.15) is 41.0 Å². The van der Waals surface area contributed by atoms with Crippen LogP contribution in [-0.4, -0.2) is 31.0 Å². The number of rotatable bonds is 8. The molecule has 0 heterocycles. The molecule has 0 unspecified atom stereocenters. The first-order valence-corrected chi connectivity index (χ1v) is 9.00. The number of hydrogen-bond donors (Lipinski definition) is 2. The lowest BCUT2D eigenvalue weighted by Crippen LogP contribution is -2.43. The number of carbonyl (C=O) groups is 3. The van der Waals surface area contributed by atoms with Crippen LogP contribution < -0.4 is 15.6 Å². The Bertz CT molecular complexity index is 788. The Morgan fingerprint density at radius 1 is 0.893 bits per heavy atom. The van der Waals surface area contributed by atoms with Crippen molar-refractivity contribution in [3.05, 3.63) is 65.7 Å². The van der Waals surface area contributed by atoms with Crippen LogP contribution in [0.2, 0.25) is 0 Å². The van der Waals surface area contributed by atoms with E-state index in [0.29, 0.717) is 29.4 Å². The van der Waals surface area contributed by atoms with Crippen LogP contribution in [0.15, 0.2) is 54.6 Å². The lowest BCUT2D eigenvalue weighted by molar-refractivity contribution is -0.125. The van der Waals surface area contributed by atoms with E-state index in [1.54, 1.807) is 54.6 Å². The van der Waals surface area contributed by atoms with Crippen LogP contribution in [0.4, 0.5) is 0 Å². The maximum Gasteiger partial charge on any atom is 0.338 e. The van der Waals surface area contributed by atoms with Gasteiger partial charge in [0.25, 0.3) is 11.8 Å². The normalized spacial score (nSPS) is 10.2. The highest BCUT2D eigenvalue weighted by Gasteiger charge is 2.11. The first kappa shape index (κ1) is 21.0. The summed E-state index contributed by atoms with van der Waals surface area (Å²) in [6, 6.07) is 14.9. The molecule has 0 aliphatic rings. The number of esters is 1. The van der Waals surface area contributed by atoms with Crippen molar-refractivity contribution in [2.24, 2.45) is 5.92 Å². The van der Waals surface area contributed by atoms with E-state index in [0.717, 1.165) is 6.42 Å². The van der Waals surface area contributed by atoms with Gasteiger partial charge < -0.3 is 9.47 Å². The molecule has 148 valence electrons. The zero-order chi connectivity index (χ0) is 20.4. The number of carbonyl (C=O) groups excluding carboxylic acids is 3. The standard InChI is InChI=1S/C21H24N2O5/c1-15(2)12-13-27-18-10-8-17(9-11-18)21(26)28-14-19(24)22-23-20(25)16-6-4-3-5-7-16/h3-11,15H,12-14H2,1-2H3,(H,22,24)(H,23,25). The Balaban J connectivity index is 1.72. The van der Waals surface area contributed by atoms with Gasteiger partial charge in [-0.25, -0.2) is 4.79 Å². The molecule has 0 aliphatic carbocycles. The molecule has 2 aromatic rings. The fraction of sp³-hybridized carbons (Fsp3) is 0.286. The Kier molecular flexibility index (Phi) is 8.02. The highest BCUT2D eigenvalue weighted by Crippen LogP contribution is 2.14. The number of nitrogens with one attached hydrogen (secondary N) is 2. The third kappa shape index (κ3) is 7.11. The van der Waals surface area contributed by atoms with E-state index >= 15 is 0 Å². The predicted octanol–water partition coefficient (Wildman–Crippen LogP) is 2.73. The minimum Gasteiger partial charge on any atom is -0.494 e. The molecule has 2 aromatic carbocycles. The van der Waals surface area contributed by atoms with Gasteiger partial charge in [-0.05, 0) is 48.7 Å². The summed E-state index contributed by atoms with van der Waals surface area (Å²) < 4.78 is 10.5. The second-order valence-electron chi connectivity index (χ2n) is 6.50. The SMILES string of the molecule is CC(C)CCOc1ccc(C(=O)OCC(=O)NNC(=O)c2ccccc2)cc1. The van der Waals surface area contributed by atoms with Crippen molar-refractivity contribution >= 4 is 17.8 Å². The summed E-state index contributed by atoms with van der Waals surface area (Å²) in [5.41, 5.74) is 5.15. The van der Waals surface area contributed by atoms with Gasteiger partial charge in [0.2, 0.25) is 0 Å². The van der Waals surface area contributed by atoms with E-state index in [4.69, 9.17) is 9.47 Å². The van der Waals surface area contributed by atoms with Gasteiger partial charge in [0, 0.05) is 5.56 Å². The second-order valence-corrected chi connectivity index (χ2v) is 6.50. The van der Waals surface area contributed by atoms with Crippen LogP contribution in [-0.2, 0) is 9.53 Å². The average Bonchev–Trinajstić information content (AvgIpc) is 2.71. The van der Waals surface area contributed by atoms with Gasteiger partial charge >= 0.3 is 5.97 Å². The number of amides is 2. The molecule has 2 N–H and O–H groups in total. The Morgan fingerprint density at radius 3 is 2.21 bits per heavy atom. The molecule has 28 heavy (non-hydrogen) atoms. The largest absolute Gasteiger partial charge is 0.494 e. The van der Waals surface area contributed by atoms with E-state index < -0.39 is 24.4 Å². The van der Waals surface area contributed by atoms with Gasteiger partial charge in [-0.2, -0.15) is 0 Å². The van der Waals surface area contributed by atoms with Crippen LogP contribution in [0.3, 0.4) is 0 Å². The molecular weight excluding hydrogens is 360 g/mol. The monoisotopic (exact) mass is 384 g/mol. The molecule has 7 heteroatoms. The summed E-state index contributed by atoms with van der Waals surface area (Å²) in [5, 5.41) is 0. The van der Waals surface area contributed by atoms with Crippen molar-refractivity contribution in [3.8, 4) is 5.75 Å². The van der Waals surface area contributed by atoms with Gasteiger partial charge in [-0.15, -0.1) is 0 Å². The summed E-state index contributed by atoms with van der Waals surface area (Å²) in [4.78, 5) is 35.5. The van der Waals surface area contributed by atoms with Crippen molar-refractivity contribution in [3.63, 3.8) is 0 Å². The molecule has 0 atom stereocenters. The van der Waals surface area contributed by atoms with Gasteiger partial charge in [0.05, 0.1) is 12.2 Å². The van der Waals surface area contributed by atoms with Crippen LogP contribution >= 0.6 is 0 Å². The highest BCUT2D eigenvalue weighted by molar-refractivity contribution is 5.96. The lowest BCUT2D eigenvalue weighted by Gasteiger charge is -2.09. The summed E-state index contributed by atoms with van der Waals surface area (Å²) in [5.74, 6) is -0.533. The minimum absolute atomic E-state index is 0.303. The molecule has 0 fully saturated rings. The van der Waals surface area contributed by atoms with Crippen molar-refractivity contribution in [2.75, 3.05) is 13.2 Å². The average molecular weight is 384 g/mol. The van der Waals surface area contributed by atoms with Crippen molar-refractivity contribution in [1.82, 2.24) is 10.9 Å². The maximum absolute atomic E-state index is 12.0. The Hall–Kier alpha value is -3.35. The molecule has 0 saturated carbocycles. The van der Waals surface area contributed by atoms with Gasteiger partial charge in [-0.1, -0.05) is 32.0 Å². The van der Waals surface area contributed by atoms with Crippen molar-refractivity contribution in [2.45, 2.75) is 20.3 Å². The molecule has 7 nitrogen and oxygen atoms in total. The number of hydrogen-bond acceptors (Lipinski definition) is 5. The van der Waals surface area contributed by atoms with Crippen LogP contribution in [0.25, 0.3) is 0 Å². The lowest BCUT2D eigenvalue weighted by atomic mass is 10.1. The minimum atomic E-state index is -0.647. The van der Waals surface area contributed by atoms with Crippen molar-refractivity contribution < 1.29 is 23.9 Å². The van der Waals surface area contributed by atoms with E-state index in [-0.39, 0.29) is 0 Å². The molecule has 0 saturated heterocycles. The molecule has 2 amide bonds. The summed E-state index contributed by atoms with van der Waals surface area (Å²) >= 11 is 0. The predicted molar refractivity (Wildman–Crippen MR) is 104 cm³/mol. The third-order valence-corrected chi connectivity index (χ3v) is 3.74. The fourth-order valence-electron chi connectivity index (χ4n) is 2.14. The van der Waals surface area contributed by atoms with Gasteiger partial charge in [-0.3, -0.25) is 20.4 Å². The first-order chi connectivity index (χ1) is 13.5. The summed E-state index contributed by atoms with van der Waals surface area (Å²) in [6.45, 7) is 4.33. The summed E-state index contributed by atoms with van der Waals surface area (Å²) in [7, 11) is 0. The molecule has 0 spiro atoms. The zero-order valence-electron chi connectivity index (χ0n) is 15.9. The topological polar surface area (TPSA) is 93.7 Å². The third-order valence-electron chi connectivity index (χ3n) is 3.74. The quantitative estimate of drug-likeness (QED) is 0.539. The van der Waals surface area contributed by atoms with E-state index in [9.17, 15) is 14.4 Å². The fourth-order valence-corrected chi connectivity index (χ4v) is 2.14. The highest BCUT2D eigenvalue weighted by atomic mass is 16.5. The second kappa shape index (κ2) is 10.7. The van der Waals surface area contributed by atoms with Gasteiger partial charge in [0.1, 0.15) is 5.75 Å². The van der Waals surface area contributed by atoms with Crippen molar-refractivity contribution in [1.29, 1.82) is 0 Å². The van der Waals surface area contributed by atoms with Crippen LogP contribution in [0, 0.1) is 5.92 Å². The molecule has 0 bridgehead atoms. The molecule has 0 aromatic heterocycles. The first-order valence-electron chi connectivity index (χ1n) is 9.00.